The molecular weight excluding hydrogens is 464 g/mol. The molecule has 2 aromatic carbocycles. The number of benzene rings is 2. The lowest BCUT2D eigenvalue weighted by atomic mass is 10.1. The lowest BCUT2D eigenvalue weighted by molar-refractivity contribution is 0.174. The molecule has 1 aliphatic rings. The SMILES string of the molecule is CN=C(NCc1ccc(F)c(COC)c1)NCc1ccc2c(c1)OCO2.I. The first-order valence-corrected chi connectivity index (χ1v) is 8.29. The van der Waals surface area contributed by atoms with Crippen LogP contribution in [0.5, 0.6) is 11.5 Å². The fraction of sp³-hybridized carbons (Fsp3) is 0.316. The highest BCUT2D eigenvalue weighted by Gasteiger charge is 2.13. The second kappa shape index (κ2) is 10.3. The maximum absolute atomic E-state index is 13.7. The van der Waals surface area contributed by atoms with Crippen molar-refractivity contribution in [3.8, 4) is 11.5 Å². The Hall–Kier alpha value is -2.07. The molecule has 2 N–H and O–H groups in total. The first kappa shape index (κ1) is 21.2. The summed E-state index contributed by atoms with van der Waals surface area (Å²) in [4.78, 5) is 4.21. The molecule has 27 heavy (non-hydrogen) atoms. The van der Waals surface area contributed by atoms with Crippen molar-refractivity contribution in [1.82, 2.24) is 10.6 Å². The van der Waals surface area contributed by atoms with Gasteiger partial charge in [-0.2, -0.15) is 0 Å². The summed E-state index contributed by atoms with van der Waals surface area (Å²) in [6.07, 6.45) is 0. The molecule has 6 nitrogen and oxygen atoms in total. The molecular formula is C19H23FIN3O3. The van der Waals surface area contributed by atoms with Gasteiger partial charge in [-0.05, 0) is 35.4 Å². The van der Waals surface area contributed by atoms with Crippen LogP contribution in [-0.4, -0.2) is 26.9 Å². The van der Waals surface area contributed by atoms with Gasteiger partial charge in [0.25, 0.3) is 0 Å². The van der Waals surface area contributed by atoms with Gasteiger partial charge in [-0.3, -0.25) is 4.99 Å². The average molecular weight is 487 g/mol. The van der Waals surface area contributed by atoms with Gasteiger partial charge in [-0.15, -0.1) is 24.0 Å². The molecule has 0 radical (unpaired) electrons. The maximum atomic E-state index is 13.7. The maximum Gasteiger partial charge on any atom is 0.231 e. The predicted molar refractivity (Wildman–Crippen MR) is 112 cm³/mol. The Balaban J connectivity index is 0.00000261. The van der Waals surface area contributed by atoms with E-state index in [-0.39, 0.29) is 43.2 Å². The summed E-state index contributed by atoms with van der Waals surface area (Å²) in [7, 11) is 3.25. The van der Waals surface area contributed by atoms with Gasteiger partial charge < -0.3 is 24.8 Å². The zero-order valence-electron chi connectivity index (χ0n) is 15.3. The number of methoxy groups -OCH3 is 1. The van der Waals surface area contributed by atoms with Gasteiger partial charge in [0.1, 0.15) is 5.82 Å². The van der Waals surface area contributed by atoms with Crippen LogP contribution in [0.3, 0.4) is 0 Å². The number of ether oxygens (including phenoxy) is 3. The van der Waals surface area contributed by atoms with Gasteiger partial charge in [0.2, 0.25) is 6.79 Å². The number of hydrogen-bond acceptors (Lipinski definition) is 4. The Morgan fingerprint density at radius 2 is 1.74 bits per heavy atom. The summed E-state index contributed by atoms with van der Waals surface area (Å²) >= 11 is 0. The normalized spacial score (nSPS) is 12.5. The van der Waals surface area contributed by atoms with E-state index in [1.165, 1.54) is 6.07 Å². The molecule has 0 amide bonds. The number of aliphatic imine (C=N–C) groups is 1. The van der Waals surface area contributed by atoms with E-state index in [2.05, 4.69) is 15.6 Å². The summed E-state index contributed by atoms with van der Waals surface area (Å²) in [6.45, 7) is 1.63. The van der Waals surface area contributed by atoms with E-state index < -0.39 is 0 Å². The molecule has 0 saturated heterocycles. The molecule has 0 fully saturated rings. The number of rotatable bonds is 6. The second-order valence-corrected chi connectivity index (χ2v) is 5.83. The van der Waals surface area contributed by atoms with Crippen LogP contribution >= 0.6 is 24.0 Å². The quantitative estimate of drug-likeness (QED) is 0.373. The fourth-order valence-corrected chi connectivity index (χ4v) is 2.65. The topological polar surface area (TPSA) is 64.1 Å². The zero-order chi connectivity index (χ0) is 18.4. The summed E-state index contributed by atoms with van der Waals surface area (Å²) in [5.41, 5.74) is 2.54. The third-order valence-corrected chi connectivity index (χ3v) is 3.99. The molecule has 0 bridgehead atoms. The standard InChI is InChI=1S/C19H22FN3O3.HI/c1-21-19(22-9-13-3-5-16(20)15(7-13)11-24-2)23-10-14-4-6-17-18(8-14)26-12-25-17;/h3-8H,9-12H2,1-2H3,(H2,21,22,23);1H. The highest BCUT2D eigenvalue weighted by Crippen LogP contribution is 2.32. The van der Waals surface area contributed by atoms with Crippen molar-refractivity contribution in [2.75, 3.05) is 21.0 Å². The second-order valence-electron chi connectivity index (χ2n) is 5.83. The summed E-state index contributed by atoms with van der Waals surface area (Å²) < 4.78 is 29.4. The van der Waals surface area contributed by atoms with E-state index in [0.717, 1.165) is 22.6 Å². The Bertz CT molecular complexity index is 802. The molecule has 0 unspecified atom stereocenters. The summed E-state index contributed by atoms with van der Waals surface area (Å²) in [6, 6.07) is 10.8. The van der Waals surface area contributed by atoms with Crippen LogP contribution in [0.2, 0.25) is 0 Å². The molecule has 0 aliphatic carbocycles. The molecule has 1 aliphatic heterocycles. The van der Waals surface area contributed by atoms with E-state index in [1.54, 1.807) is 26.3 Å². The van der Waals surface area contributed by atoms with Gasteiger partial charge in [0.05, 0.1) is 6.61 Å². The molecule has 1 heterocycles. The first-order chi connectivity index (χ1) is 12.7. The Morgan fingerprint density at radius 3 is 2.44 bits per heavy atom. The largest absolute Gasteiger partial charge is 0.454 e. The fourth-order valence-electron chi connectivity index (χ4n) is 2.65. The van der Waals surface area contributed by atoms with Crippen molar-refractivity contribution in [3.05, 3.63) is 58.9 Å². The highest BCUT2D eigenvalue weighted by molar-refractivity contribution is 14.0. The Kier molecular flexibility index (Phi) is 8.11. The summed E-state index contributed by atoms with van der Waals surface area (Å²) in [5, 5.41) is 6.46. The van der Waals surface area contributed by atoms with E-state index in [1.807, 2.05) is 18.2 Å². The van der Waals surface area contributed by atoms with Crippen molar-refractivity contribution in [2.45, 2.75) is 19.7 Å². The van der Waals surface area contributed by atoms with Crippen LogP contribution in [0.25, 0.3) is 0 Å². The van der Waals surface area contributed by atoms with Crippen molar-refractivity contribution >= 4 is 29.9 Å². The van der Waals surface area contributed by atoms with Crippen molar-refractivity contribution in [3.63, 3.8) is 0 Å². The Labute approximate surface area is 175 Å². The smallest absolute Gasteiger partial charge is 0.231 e. The summed E-state index contributed by atoms with van der Waals surface area (Å²) in [5.74, 6) is 1.91. The third-order valence-electron chi connectivity index (χ3n) is 3.99. The predicted octanol–water partition coefficient (Wildman–Crippen LogP) is 3.18. The van der Waals surface area contributed by atoms with Gasteiger partial charge in [0, 0.05) is 32.8 Å². The number of halogens is 2. The molecule has 0 spiro atoms. The van der Waals surface area contributed by atoms with Gasteiger partial charge in [-0.25, -0.2) is 4.39 Å². The monoisotopic (exact) mass is 487 g/mol. The van der Waals surface area contributed by atoms with E-state index in [0.29, 0.717) is 24.6 Å². The molecule has 146 valence electrons. The number of nitrogens with zero attached hydrogens (tertiary/aromatic N) is 1. The average Bonchev–Trinajstić information content (AvgIpc) is 3.12. The van der Waals surface area contributed by atoms with Crippen LogP contribution in [0.15, 0.2) is 41.4 Å². The zero-order valence-corrected chi connectivity index (χ0v) is 17.6. The van der Waals surface area contributed by atoms with Crippen molar-refractivity contribution in [2.24, 2.45) is 4.99 Å². The number of nitrogens with one attached hydrogen (secondary N) is 2. The lowest BCUT2D eigenvalue weighted by Gasteiger charge is -2.13. The van der Waals surface area contributed by atoms with Crippen molar-refractivity contribution < 1.29 is 18.6 Å². The molecule has 2 aromatic rings. The van der Waals surface area contributed by atoms with Gasteiger partial charge in [-0.1, -0.05) is 12.1 Å². The first-order valence-electron chi connectivity index (χ1n) is 8.29. The van der Waals surface area contributed by atoms with E-state index in [4.69, 9.17) is 14.2 Å². The number of guanidine groups is 1. The van der Waals surface area contributed by atoms with Crippen LogP contribution < -0.4 is 20.1 Å². The minimum Gasteiger partial charge on any atom is -0.454 e. The molecule has 0 saturated carbocycles. The molecule has 8 heteroatoms. The van der Waals surface area contributed by atoms with Gasteiger partial charge in [0.15, 0.2) is 17.5 Å². The molecule has 0 atom stereocenters. The van der Waals surface area contributed by atoms with Crippen LogP contribution in [-0.2, 0) is 24.4 Å². The van der Waals surface area contributed by atoms with Gasteiger partial charge >= 0.3 is 0 Å². The molecule has 0 aromatic heterocycles. The molecule has 3 rings (SSSR count). The minimum absolute atomic E-state index is 0. The lowest BCUT2D eigenvalue weighted by Crippen LogP contribution is -2.36. The highest BCUT2D eigenvalue weighted by atomic mass is 127. The Morgan fingerprint density at radius 1 is 1.07 bits per heavy atom. The van der Waals surface area contributed by atoms with E-state index in [9.17, 15) is 4.39 Å². The number of fused-ring (bicyclic) bond motifs is 1. The third kappa shape index (κ3) is 5.70. The van der Waals surface area contributed by atoms with Crippen LogP contribution in [0, 0.1) is 5.82 Å². The number of hydrogen-bond donors (Lipinski definition) is 2. The van der Waals surface area contributed by atoms with Crippen LogP contribution in [0.4, 0.5) is 4.39 Å². The van der Waals surface area contributed by atoms with Crippen LogP contribution in [0.1, 0.15) is 16.7 Å². The van der Waals surface area contributed by atoms with Crippen molar-refractivity contribution in [1.29, 1.82) is 0 Å². The minimum atomic E-state index is -0.263. The van der Waals surface area contributed by atoms with E-state index >= 15 is 0 Å².